The van der Waals surface area contributed by atoms with Crippen LogP contribution >= 0.6 is 11.6 Å². The fourth-order valence-electron chi connectivity index (χ4n) is 1.52. The van der Waals surface area contributed by atoms with Crippen molar-refractivity contribution in [1.29, 1.82) is 0 Å². The summed E-state index contributed by atoms with van der Waals surface area (Å²) >= 11 is 6.00. The molecule has 0 aliphatic heterocycles. The van der Waals surface area contributed by atoms with Gasteiger partial charge in [-0.15, -0.1) is 0 Å². The number of aromatic nitrogens is 1. The van der Waals surface area contributed by atoms with Crippen LogP contribution in [0, 0.1) is 0 Å². The summed E-state index contributed by atoms with van der Waals surface area (Å²) in [5, 5.41) is 16.1. The van der Waals surface area contributed by atoms with E-state index in [1.807, 2.05) is 18.2 Å². The molecule has 1 aromatic heterocycles. The molecule has 6 heteroatoms. The van der Waals surface area contributed by atoms with Gasteiger partial charge in [-0.25, -0.2) is 4.79 Å². The van der Waals surface area contributed by atoms with E-state index in [2.05, 4.69) is 10.5 Å². The van der Waals surface area contributed by atoms with Gasteiger partial charge in [0.2, 0.25) is 0 Å². The van der Waals surface area contributed by atoms with Gasteiger partial charge < -0.3 is 14.9 Å². The number of hydrogen-bond donors (Lipinski definition) is 2. The van der Waals surface area contributed by atoms with E-state index >= 15 is 0 Å². The molecule has 0 amide bonds. The second-order valence-corrected chi connectivity index (χ2v) is 4.07. The lowest BCUT2D eigenvalue weighted by Crippen LogP contribution is -2.14. The van der Waals surface area contributed by atoms with Crippen molar-refractivity contribution in [3.8, 4) is 0 Å². The maximum Gasteiger partial charge on any atom is 0.341 e. The first-order valence-electron chi connectivity index (χ1n) is 5.29. The molecule has 1 aromatic carbocycles. The standard InChI is InChI=1S/C12H11ClN2O3/c13-10-4-2-1-3-8(10)5-14-7-11-9(12(16)17)6-15-18-11/h1-4,6,14H,5,7H2,(H,16,17). The average molecular weight is 267 g/mol. The summed E-state index contributed by atoms with van der Waals surface area (Å²) < 4.78 is 4.87. The Balaban J connectivity index is 1.95. The van der Waals surface area contributed by atoms with Gasteiger partial charge in [-0.1, -0.05) is 35.0 Å². The first kappa shape index (κ1) is 12.6. The number of aromatic carboxylic acids is 1. The van der Waals surface area contributed by atoms with Crippen molar-refractivity contribution < 1.29 is 14.4 Å². The van der Waals surface area contributed by atoms with E-state index in [9.17, 15) is 4.79 Å². The molecule has 2 N–H and O–H groups in total. The van der Waals surface area contributed by atoms with Crippen LogP contribution < -0.4 is 5.32 Å². The Kier molecular flexibility index (Phi) is 3.96. The Bertz CT molecular complexity index is 554. The van der Waals surface area contributed by atoms with Crippen molar-refractivity contribution in [2.24, 2.45) is 0 Å². The molecule has 0 spiro atoms. The van der Waals surface area contributed by atoms with E-state index in [4.69, 9.17) is 21.2 Å². The minimum atomic E-state index is -1.05. The van der Waals surface area contributed by atoms with Crippen LogP contribution in [0.15, 0.2) is 35.0 Å². The largest absolute Gasteiger partial charge is 0.478 e. The smallest absolute Gasteiger partial charge is 0.341 e. The summed E-state index contributed by atoms with van der Waals surface area (Å²) in [7, 11) is 0. The molecule has 2 rings (SSSR count). The van der Waals surface area contributed by atoms with Crippen molar-refractivity contribution in [3.05, 3.63) is 52.4 Å². The normalized spacial score (nSPS) is 10.5. The van der Waals surface area contributed by atoms with Crippen LogP contribution in [0.1, 0.15) is 21.7 Å². The van der Waals surface area contributed by atoms with Crippen LogP contribution in [-0.2, 0) is 13.1 Å². The Morgan fingerprint density at radius 2 is 2.17 bits per heavy atom. The lowest BCUT2D eigenvalue weighted by molar-refractivity contribution is 0.0694. The molecule has 18 heavy (non-hydrogen) atoms. The fraction of sp³-hybridized carbons (Fsp3) is 0.167. The average Bonchev–Trinajstić information content (AvgIpc) is 2.80. The third kappa shape index (κ3) is 2.88. The molecule has 2 aromatic rings. The zero-order valence-electron chi connectivity index (χ0n) is 9.39. The highest BCUT2D eigenvalue weighted by Gasteiger charge is 2.14. The van der Waals surface area contributed by atoms with Crippen LogP contribution in [0.5, 0.6) is 0 Å². The number of hydrogen-bond acceptors (Lipinski definition) is 4. The van der Waals surface area contributed by atoms with Crippen molar-refractivity contribution in [3.63, 3.8) is 0 Å². The molecule has 0 aliphatic rings. The van der Waals surface area contributed by atoms with Crippen LogP contribution in [0.2, 0.25) is 5.02 Å². The van der Waals surface area contributed by atoms with Crippen molar-refractivity contribution in [1.82, 2.24) is 10.5 Å². The summed E-state index contributed by atoms with van der Waals surface area (Å²) in [6.45, 7) is 0.812. The van der Waals surface area contributed by atoms with E-state index in [-0.39, 0.29) is 12.1 Å². The number of rotatable bonds is 5. The van der Waals surface area contributed by atoms with E-state index in [1.54, 1.807) is 6.07 Å². The minimum absolute atomic E-state index is 0.0710. The monoisotopic (exact) mass is 266 g/mol. The van der Waals surface area contributed by atoms with Crippen molar-refractivity contribution in [2.45, 2.75) is 13.1 Å². The Labute approximate surface area is 108 Å². The Morgan fingerprint density at radius 1 is 1.39 bits per heavy atom. The number of carbonyl (C=O) groups is 1. The number of benzene rings is 1. The van der Waals surface area contributed by atoms with Gasteiger partial charge in [-0.05, 0) is 11.6 Å². The van der Waals surface area contributed by atoms with Crippen molar-refractivity contribution in [2.75, 3.05) is 0 Å². The molecule has 0 radical (unpaired) electrons. The van der Waals surface area contributed by atoms with Crippen LogP contribution in [0.25, 0.3) is 0 Å². The summed E-state index contributed by atoms with van der Waals surface area (Å²) in [5.74, 6) is -0.750. The second kappa shape index (κ2) is 5.66. The molecule has 0 saturated heterocycles. The summed E-state index contributed by atoms with van der Waals surface area (Å²) in [6.07, 6.45) is 1.19. The van der Waals surface area contributed by atoms with Gasteiger partial charge >= 0.3 is 5.97 Å². The van der Waals surface area contributed by atoms with Crippen LogP contribution in [0.3, 0.4) is 0 Å². The molecular formula is C12H11ClN2O3. The number of nitrogens with one attached hydrogen (secondary N) is 1. The van der Waals surface area contributed by atoms with Crippen LogP contribution in [-0.4, -0.2) is 16.2 Å². The van der Waals surface area contributed by atoms with Gasteiger partial charge in [0, 0.05) is 11.6 Å². The van der Waals surface area contributed by atoms with E-state index in [1.165, 1.54) is 6.20 Å². The summed E-state index contributed by atoms with van der Waals surface area (Å²) in [4.78, 5) is 10.8. The third-order valence-corrected chi connectivity index (χ3v) is 2.80. The van der Waals surface area contributed by atoms with Crippen LogP contribution in [0.4, 0.5) is 0 Å². The highest BCUT2D eigenvalue weighted by atomic mass is 35.5. The highest BCUT2D eigenvalue weighted by molar-refractivity contribution is 6.31. The highest BCUT2D eigenvalue weighted by Crippen LogP contribution is 2.15. The van der Waals surface area contributed by atoms with Gasteiger partial charge in [0.05, 0.1) is 12.7 Å². The summed E-state index contributed by atoms with van der Waals surface area (Å²) in [6, 6.07) is 7.44. The second-order valence-electron chi connectivity index (χ2n) is 3.66. The summed E-state index contributed by atoms with van der Waals surface area (Å²) in [5.41, 5.74) is 1.01. The third-order valence-electron chi connectivity index (χ3n) is 2.43. The maximum atomic E-state index is 10.8. The minimum Gasteiger partial charge on any atom is -0.478 e. The first-order valence-corrected chi connectivity index (χ1v) is 5.67. The number of carboxylic acid groups (broad SMARTS) is 1. The lowest BCUT2D eigenvalue weighted by Gasteiger charge is -2.05. The fourth-order valence-corrected chi connectivity index (χ4v) is 1.72. The van der Waals surface area contributed by atoms with Gasteiger partial charge in [-0.2, -0.15) is 0 Å². The molecule has 0 saturated carbocycles. The van der Waals surface area contributed by atoms with Crippen molar-refractivity contribution >= 4 is 17.6 Å². The van der Waals surface area contributed by atoms with E-state index in [0.29, 0.717) is 17.3 Å². The number of halogens is 1. The zero-order valence-corrected chi connectivity index (χ0v) is 10.1. The molecular weight excluding hydrogens is 256 g/mol. The number of carboxylic acids is 1. The molecule has 0 bridgehead atoms. The SMILES string of the molecule is O=C(O)c1cnoc1CNCc1ccccc1Cl. The van der Waals surface area contributed by atoms with Gasteiger partial charge in [0.25, 0.3) is 0 Å². The number of nitrogens with zero attached hydrogens (tertiary/aromatic N) is 1. The topological polar surface area (TPSA) is 75.4 Å². The molecule has 94 valence electrons. The first-order chi connectivity index (χ1) is 8.68. The lowest BCUT2D eigenvalue weighted by atomic mass is 10.2. The molecule has 1 heterocycles. The zero-order chi connectivity index (χ0) is 13.0. The molecule has 0 unspecified atom stereocenters. The predicted octanol–water partition coefficient (Wildman–Crippen LogP) is 2.32. The van der Waals surface area contributed by atoms with E-state index < -0.39 is 5.97 Å². The van der Waals surface area contributed by atoms with Gasteiger partial charge in [-0.3, -0.25) is 0 Å². The quantitative estimate of drug-likeness (QED) is 0.869. The Morgan fingerprint density at radius 3 is 2.89 bits per heavy atom. The maximum absolute atomic E-state index is 10.8. The molecule has 0 atom stereocenters. The molecule has 0 fully saturated rings. The Hall–Kier alpha value is -1.85. The molecule has 0 aliphatic carbocycles. The van der Waals surface area contributed by atoms with Gasteiger partial charge in [0.1, 0.15) is 5.56 Å². The van der Waals surface area contributed by atoms with E-state index in [0.717, 1.165) is 5.56 Å². The molecule has 5 nitrogen and oxygen atoms in total. The predicted molar refractivity (Wildman–Crippen MR) is 65.5 cm³/mol. The van der Waals surface area contributed by atoms with Gasteiger partial charge in [0.15, 0.2) is 5.76 Å².